The molecule has 16 heavy (non-hydrogen) atoms. The fraction of sp³-hybridized carbons (Fsp3) is 0.500. The van der Waals surface area contributed by atoms with Crippen LogP contribution in [0, 0.1) is 0 Å². The van der Waals surface area contributed by atoms with Crippen molar-refractivity contribution in [2.75, 3.05) is 18.0 Å². The molecule has 1 fully saturated rings. The number of fused-ring (bicyclic) bond motifs is 1. The van der Waals surface area contributed by atoms with Crippen molar-refractivity contribution in [1.82, 2.24) is 25.0 Å². The van der Waals surface area contributed by atoms with Crippen LogP contribution in [0.2, 0.25) is 0 Å². The van der Waals surface area contributed by atoms with Crippen LogP contribution in [0.1, 0.15) is 0 Å². The van der Waals surface area contributed by atoms with Gasteiger partial charge in [0.1, 0.15) is 0 Å². The van der Waals surface area contributed by atoms with Gasteiger partial charge in [-0.25, -0.2) is 0 Å². The molecule has 84 valence electrons. The van der Waals surface area contributed by atoms with Crippen molar-refractivity contribution in [3.8, 4) is 0 Å². The molecule has 2 aromatic heterocycles. The van der Waals surface area contributed by atoms with Gasteiger partial charge in [0, 0.05) is 13.1 Å². The maximum absolute atomic E-state index is 9.48. The van der Waals surface area contributed by atoms with Crippen LogP contribution >= 0.6 is 0 Å². The first-order valence-electron chi connectivity index (χ1n) is 4.89. The monoisotopic (exact) mass is 222 g/mol. The molecule has 8 nitrogen and oxygen atoms in total. The van der Waals surface area contributed by atoms with Crippen molar-refractivity contribution < 1.29 is 10.2 Å². The Hall–Kier alpha value is -1.80. The third-order valence-electron chi connectivity index (χ3n) is 2.67. The second-order valence-corrected chi connectivity index (χ2v) is 3.75. The number of hydrogen-bond donors (Lipinski definition) is 2. The van der Waals surface area contributed by atoms with E-state index in [4.69, 9.17) is 0 Å². The molecule has 3 rings (SSSR count). The van der Waals surface area contributed by atoms with E-state index in [1.807, 2.05) is 0 Å². The molecule has 0 aliphatic carbocycles. The molecule has 0 radical (unpaired) electrons. The van der Waals surface area contributed by atoms with Crippen molar-refractivity contribution in [3.63, 3.8) is 0 Å². The number of aliphatic hydroxyl groups is 2. The Kier molecular flexibility index (Phi) is 1.98. The van der Waals surface area contributed by atoms with E-state index in [1.54, 1.807) is 17.3 Å². The summed E-state index contributed by atoms with van der Waals surface area (Å²) in [6.07, 6.45) is 1.67. The second kappa shape index (κ2) is 3.35. The number of anilines is 1. The fourth-order valence-corrected chi connectivity index (χ4v) is 1.84. The highest BCUT2D eigenvalue weighted by Gasteiger charge is 2.31. The normalized spacial score (nSPS) is 25.5. The van der Waals surface area contributed by atoms with E-state index in [0.29, 0.717) is 24.6 Å². The Morgan fingerprint density at radius 3 is 2.69 bits per heavy atom. The van der Waals surface area contributed by atoms with Crippen LogP contribution in [-0.4, -0.2) is 60.5 Å². The second-order valence-electron chi connectivity index (χ2n) is 3.75. The third-order valence-corrected chi connectivity index (χ3v) is 2.67. The Morgan fingerprint density at radius 1 is 1.19 bits per heavy atom. The van der Waals surface area contributed by atoms with E-state index in [-0.39, 0.29) is 0 Å². The van der Waals surface area contributed by atoms with E-state index < -0.39 is 12.2 Å². The lowest BCUT2D eigenvalue weighted by Crippen LogP contribution is -2.24. The summed E-state index contributed by atoms with van der Waals surface area (Å²) in [5, 5.41) is 30.1. The molecule has 0 aromatic carbocycles. The number of β-amino-alcohol motifs (C(OH)–C–C–N with tert-alkyl or cyclic N) is 2. The van der Waals surface area contributed by atoms with Crippen molar-refractivity contribution in [3.05, 3.63) is 12.4 Å². The van der Waals surface area contributed by atoms with Gasteiger partial charge in [0.05, 0.1) is 24.6 Å². The topological polar surface area (TPSA) is 99.7 Å². The van der Waals surface area contributed by atoms with Gasteiger partial charge in [0.15, 0.2) is 11.5 Å². The Balaban J connectivity index is 2.03. The molecule has 1 aliphatic heterocycles. The van der Waals surface area contributed by atoms with Gasteiger partial charge >= 0.3 is 0 Å². The zero-order valence-electron chi connectivity index (χ0n) is 8.30. The summed E-state index contributed by atoms with van der Waals surface area (Å²) in [7, 11) is 0. The molecular weight excluding hydrogens is 212 g/mol. The largest absolute Gasteiger partial charge is 0.389 e. The first-order chi connectivity index (χ1) is 7.75. The molecule has 2 N–H and O–H groups in total. The highest BCUT2D eigenvalue weighted by molar-refractivity contribution is 5.47. The lowest BCUT2D eigenvalue weighted by Gasteiger charge is -2.16. The third kappa shape index (κ3) is 1.31. The Morgan fingerprint density at radius 2 is 1.94 bits per heavy atom. The molecular formula is C8H10N6O2. The van der Waals surface area contributed by atoms with Gasteiger partial charge in [-0.1, -0.05) is 0 Å². The van der Waals surface area contributed by atoms with Crippen LogP contribution in [-0.2, 0) is 0 Å². The van der Waals surface area contributed by atoms with Crippen LogP contribution in [0.3, 0.4) is 0 Å². The zero-order valence-corrected chi connectivity index (χ0v) is 8.30. The van der Waals surface area contributed by atoms with Gasteiger partial charge in [-0.05, 0) is 10.4 Å². The number of aliphatic hydroxyl groups excluding tert-OH is 2. The molecule has 8 heteroatoms. The molecule has 2 unspecified atom stereocenters. The van der Waals surface area contributed by atoms with Crippen molar-refractivity contribution in [2.45, 2.75) is 12.2 Å². The molecule has 2 aromatic rings. The van der Waals surface area contributed by atoms with Crippen molar-refractivity contribution in [2.24, 2.45) is 0 Å². The average Bonchev–Trinajstić information content (AvgIpc) is 2.85. The number of tetrazole rings is 1. The zero-order chi connectivity index (χ0) is 11.1. The molecule has 2 atom stereocenters. The molecule has 0 amide bonds. The summed E-state index contributed by atoms with van der Waals surface area (Å²) >= 11 is 0. The number of nitrogens with zero attached hydrogens (tertiary/aromatic N) is 6. The van der Waals surface area contributed by atoms with E-state index in [9.17, 15) is 10.2 Å². The molecule has 0 bridgehead atoms. The van der Waals surface area contributed by atoms with Gasteiger partial charge in [-0.2, -0.15) is 4.52 Å². The molecule has 1 aliphatic rings. The van der Waals surface area contributed by atoms with Crippen LogP contribution < -0.4 is 4.90 Å². The lowest BCUT2D eigenvalue weighted by molar-refractivity contribution is 0.0572. The molecule has 1 saturated heterocycles. The van der Waals surface area contributed by atoms with Gasteiger partial charge in [0.25, 0.3) is 0 Å². The minimum atomic E-state index is -0.744. The average molecular weight is 222 g/mol. The van der Waals surface area contributed by atoms with Crippen molar-refractivity contribution >= 4 is 11.5 Å². The van der Waals surface area contributed by atoms with Crippen LogP contribution in [0.25, 0.3) is 5.65 Å². The van der Waals surface area contributed by atoms with Crippen LogP contribution in [0.4, 0.5) is 5.82 Å². The fourth-order valence-electron chi connectivity index (χ4n) is 1.84. The first kappa shape index (κ1) is 9.43. The number of hydrogen-bond acceptors (Lipinski definition) is 7. The van der Waals surface area contributed by atoms with Gasteiger partial charge in [0.2, 0.25) is 0 Å². The van der Waals surface area contributed by atoms with E-state index in [0.717, 1.165) is 0 Å². The minimum absolute atomic E-state index is 0.349. The van der Waals surface area contributed by atoms with Crippen LogP contribution in [0.15, 0.2) is 12.4 Å². The highest BCUT2D eigenvalue weighted by atomic mass is 16.3. The summed E-state index contributed by atoms with van der Waals surface area (Å²) in [6.45, 7) is 0.698. The van der Waals surface area contributed by atoms with Gasteiger partial charge in [-0.3, -0.25) is 4.98 Å². The summed E-state index contributed by atoms with van der Waals surface area (Å²) < 4.78 is 1.53. The maximum atomic E-state index is 9.48. The summed E-state index contributed by atoms with van der Waals surface area (Å²) in [4.78, 5) is 5.81. The molecule has 3 heterocycles. The first-order valence-corrected chi connectivity index (χ1v) is 4.89. The summed E-state index contributed by atoms with van der Waals surface area (Å²) in [5.41, 5.74) is 0.536. The Bertz CT molecular complexity index is 504. The molecule has 0 spiro atoms. The van der Waals surface area contributed by atoms with E-state index in [1.165, 1.54) is 4.52 Å². The van der Waals surface area contributed by atoms with Crippen LogP contribution in [0.5, 0.6) is 0 Å². The van der Waals surface area contributed by atoms with E-state index in [2.05, 4.69) is 20.5 Å². The number of aromatic nitrogens is 5. The summed E-state index contributed by atoms with van der Waals surface area (Å²) in [6, 6.07) is 0. The maximum Gasteiger partial charge on any atom is 0.199 e. The minimum Gasteiger partial charge on any atom is -0.389 e. The quantitative estimate of drug-likeness (QED) is 0.579. The van der Waals surface area contributed by atoms with E-state index >= 15 is 0 Å². The standard InChI is InChI=1S/C8H10N6O2/c15-5-3-13(4-6(5)16)8-2-9-1-7-10-11-12-14(7)8/h1-2,5-6,15-16H,3-4H2. The SMILES string of the molecule is OC1CN(c2cncc3nnnn23)CC1O. The molecule has 0 saturated carbocycles. The Labute approximate surface area is 90.1 Å². The smallest absolute Gasteiger partial charge is 0.199 e. The van der Waals surface area contributed by atoms with Gasteiger partial charge < -0.3 is 15.1 Å². The number of rotatable bonds is 1. The van der Waals surface area contributed by atoms with Gasteiger partial charge in [-0.15, -0.1) is 5.10 Å². The highest BCUT2D eigenvalue weighted by Crippen LogP contribution is 2.19. The predicted octanol–water partition coefficient (Wildman–Crippen LogP) is -1.94. The predicted molar refractivity (Wildman–Crippen MR) is 52.8 cm³/mol. The lowest BCUT2D eigenvalue weighted by atomic mass is 10.3. The summed E-state index contributed by atoms with van der Waals surface area (Å²) in [5.74, 6) is 0.665. The van der Waals surface area contributed by atoms with Crippen molar-refractivity contribution in [1.29, 1.82) is 0 Å².